The first-order valence-electron chi connectivity index (χ1n) is 12.9. The van der Waals surface area contributed by atoms with Crippen LogP contribution in [0.1, 0.15) is 22.3 Å². The fourth-order valence-corrected chi connectivity index (χ4v) is 5.59. The first-order chi connectivity index (χ1) is 21.4. The Balaban J connectivity index is 1.40. The second-order valence-corrected chi connectivity index (χ2v) is 10.9. The van der Waals surface area contributed by atoms with E-state index in [-0.39, 0.29) is 33.8 Å². The van der Waals surface area contributed by atoms with E-state index in [0.717, 1.165) is 0 Å². The molecule has 5 aromatic carbocycles. The summed E-state index contributed by atoms with van der Waals surface area (Å²) in [6.07, 6.45) is 0. The summed E-state index contributed by atoms with van der Waals surface area (Å²) in [7, 11) is -4.04. The van der Waals surface area contributed by atoms with Crippen LogP contribution in [0.3, 0.4) is 0 Å². The highest BCUT2D eigenvalue weighted by Crippen LogP contribution is 2.48. The third-order valence-corrected chi connectivity index (χ3v) is 7.90. The van der Waals surface area contributed by atoms with E-state index in [1.807, 2.05) is 24.3 Å². The standard InChI is InChI=1S/C34H19N4O5P/c35-20-24-12-14-30(16-26(24)22-37)40-28-6-4-8-32(18-28)42-44(39,34-10-2-1-3-11-34)43-33-9-5-7-29(19-33)41-31-15-13-25(21-36)27(17-31)23-38/h1-19H. The van der Waals surface area contributed by atoms with Gasteiger partial charge in [0, 0.05) is 12.1 Å². The molecule has 0 saturated heterocycles. The van der Waals surface area contributed by atoms with Crippen LogP contribution in [0, 0.1) is 45.3 Å². The van der Waals surface area contributed by atoms with Crippen LogP contribution >= 0.6 is 7.60 Å². The number of hydrogen-bond donors (Lipinski definition) is 0. The zero-order chi connectivity index (χ0) is 30.9. The summed E-state index contributed by atoms with van der Waals surface area (Å²) in [5.74, 6) is 1.73. The molecule has 0 N–H and O–H groups in total. The smallest absolute Gasteiger partial charge is 0.457 e. The minimum Gasteiger partial charge on any atom is -0.457 e. The summed E-state index contributed by atoms with van der Waals surface area (Å²) in [4.78, 5) is 0. The molecule has 0 aliphatic rings. The van der Waals surface area contributed by atoms with Crippen molar-refractivity contribution in [3.63, 3.8) is 0 Å². The fourth-order valence-electron chi connectivity index (χ4n) is 4.03. The summed E-state index contributed by atoms with van der Waals surface area (Å²) in [6, 6.07) is 38.2. The maximum absolute atomic E-state index is 14.3. The van der Waals surface area contributed by atoms with Crippen molar-refractivity contribution in [3.05, 3.63) is 138 Å². The second-order valence-electron chi connectivity index (χ2n) is 9.03. The van der Waals surface area contributed by atoms with Crippen LogP contribution in [-0.4, -0.2) is 0 Å². The van der Waals surface area contributed by atoms with Crippen molar-refractivity contribution in [2.24, 2.45) is 0 Å². The third kappa shape index (κ3) is 6.68. The van der Waals surface area contributed by atoms with Gasteiger partial charge < -0.3 is 18.5 Å². The van der Waals surface area contributed by atoms with E-state index in [2.05, 4.69) is 0 Å². The highest BCUT2D eigenvalue weighted by molar-refractivity contribution is 7.63. The maximum Gasteiger partial charge on any atom is 0.462 e. The SMILES string of the molecule is N#Cc1ccc(Oc2cccc(OP(=O)(Oc3cccc(Oc4ccc(C#N)c(C#N)c4)c3)c3ccccc3)c2)cc1C#N. The molecule has 5 rings (SSSR count). The van der Waals surface area contributed by atoms with E-state index >= 15 is 0 Å². The van der Waals surface area contributed by atoms with Gasteiger partial charge in [0.25, 0.3) is 0 Å². The van der Waals surface area contributed by atoms with Crippen LogP contribution in [0.2, 0.25) is 0 Å². The number of hydrogen-bond acceptors (Lipinski definition) is 9. The van der Waals surface area contributed by atoms with E-state index < -0.39 is 7.60 Å². The molecule has 0 saturated carbocycles. The molecule has 210 valence electrons. The van der Waals surface area contributed by atoms with Gasteiger partial charge in [-0.2, -0.15) is 21.0 Å². The fraction of sp³-hybridized carbons (Fsp3) is 0. The van der Waals surface area contributed by atoms with Crippen LogP contribution in [-0.2, 0) is 4.57 Å². The Bertz CT molecular complexity index is 1940. The van der Waals surface area contributed by atoms with Crippen molar-refractivity contribution in [1.82, 2.24) is 0 Å². The van der Waals surface area contributed by atoms with Gasteiger partial charge in [0.05, 0.1) is 27.6 Å². The zero-order valence-electron chi connectivity index (χ0n) is 22.7. The van der Waals surface area contributed by atoms with Gasteiger partial charge in [0.15, 0.2) is 0 Å². The van der Waals surface area contributed by atoms with Crippen LogP contribution < -0.4 is 23.8 Å². The van der Waals surface area contributed by atoms with Crippen LogP contribution in [0.25, 0.3) is 0 Å². The van der Waals surface area contributed by atoms with Crippen LogP contribution in [0.4, 0.5) is 0 Å². The monoisotopic (exact) mass is 594 g/mol. The molecule has 0 aliphatic carbocycles. The summed E-state index contributed by atoms with van der Waals surface area (Å²) in [5, 5.41) is 37.3. The van der Waals surface area contributed by atoms with E-state index in [1.54, 1.807) is 78.9 Å². The molecule has 10 heteroatoms. The molecule has 0 unspecified atom stereocenters. The Morgan fingerprint density at radius 3 is 1.27 bits per heavy atom. The number of ether oxygens (including phenoxy) is 2. The number of nitriles is 4. The lowest BCUT2D eigenvalue weighted by Crippen LogP contribution is -2.14. The second kappa shape index (κ2) is 13.0. The van der Waals surface area contributed by atoms with Crippen molar-refractivity contribution in [2.75, 3.05) is 0 Å². The summed E-state index contributed by atoms with van der Waals surface area (Å²) in [5.41, 5.74) is 0.818. The Kier molecular flexibility index (Phi) is 8.56. The van der Waals surface area contributed by atoms with Gasteiger partial charge in [0.2, 0.25) is 0 Å². The number of benzene rings is 5. The predicted octanol–water partition coefficient (Wildman–Crippen LogP) is 7.73. The van der Waals surface area contributed by atoms with Gasteiger partial charge >= 0.3 is 7.60 Å². The topological polar surface area (TPSA) is 149 Å². The van der Waals surface area contributed by atoms with Gasteiger partial charge in [-0.3, -0.25) is 0 Å². The van der Waals surface area contributed by atoms with E-state index in [1.165, 1.54) is 36.4 Å². The highest BCUT2D eigenvalue weighted by Gasteiger charge is 2.31. The Hall–Kier alpha value is -6.51. The number of rotatable bonds is 9. The molecule has 9 nitrogen and oxygen atoms in total. The van der Waals surface area contributed by atoms with Gasteiger partial charge in [-0.15, -0.1) is 0 Å². The van der Waals surface area contributed by atoms with Gasteiger partial charge in [-0.1, -0.05) is 30.3 Å². The molecule has 0 atom stereocenters. The van der Waals surface area contributed by atoms with E-state index in [9.17, 15) is 15.1 Å². The lowest BCUT2D eigenvalue weighted by atomic mass is 10.1. The molecule has 0 aliphatic heterocycles. The Labute approximate surface area is 253 Å². The largest absolute Gasteiger partial charge is 0.462 e. The molecule has 0 radical (unpaired) electrons. The lowest BCUT2D eigenvalue weighted by molar-refractivity contribution is 0.396. The normalized spacial score (nSPS) is 10.3. The van der Waals surface area contributed by atoms with Crippen LogP contribution in [0.5, 0.6) is 34.5 Å². The first kappa shape index (κ1) is 29.0. The summed E-state index contributed by atoms with van der Waals surface area (Å²) in [6.45, 7) is 0. The molecular formula is C34H19N4O5P. The molecule has 0 amide bonds. The molecule has 0 spiro atoms. The lowest BCUT2D eigenvalue weighted by Gasteiger charge is -2.21. The van der Waals surface area contributed by atoms with Crippen molar-refractivity contribution < 1.29 is 23.1 Å². The average Bonchev–Trinajstić information content (AvgIpc) is 3.05. The molecule has 0 fully saturated rings. The van der Waals surface area contributed by atoms with E-state index in [4.69, 9.17) is 29.0 Å². The van der Waals surface area contributed by atoms with Crippen molar-refractivity contribution >= 4 is 12.9 Å². The summed E-state index contributed by atoms with van der Waals surface area (Å²) < 4.78 is 38.1. The Morgan fingerprint density at radius 1 is 0.432 bits per heavy atom. The average molecular weight is 595 g/mol. The zero-order valence-corrected chi connectivity index (χ0v) is 23.6. The van der Waals surface area contributed by atoms with Crippen molar-refractivity contribution in [1.29, 1.82) is 21.0 Å². The van der Waals surface area contributed by atoms with Gasteiger partial charge in [0.1, 0.15) is 58.8 Å². The number of nitrogens with zero attached hydrogens (tertiary/aromatic N) is 4. The van der Waals surface area contributed by atoms with Gasteiger partial charge in [-0.25, -0.2) is 4.57 Å². The quantitative estimate of drug-likeness (QED) is 0.156. The molecule has 0 aromatic heterocycles. The third-order valence-electron chi connectivity index (χ3n) is 6.07. The van der Waals surface area contributed by atoms with Crippen molar-refractivity contribution in [3.8, 4) is 58.8 Å². The summed E-state index contributed by atoms with van der Waals surface area (Å²) >= 11 is 0. The Morgan fingerprint density at radius 2 is 0.841 bits per heavy atom. The van der Waals surface area contributed by atoms with Gasteiger partial charge in [-0.05, 0) is 72.8 Å². The maximum atomic E-state index is 14.3. The molecule has 5 aromatic rings. The first-order valence-corrected chi connectivity index (χ1v) is 14.5. The van der Waals surface area contributed by atoms with Crippen molar-refractivity contribution in [2.45, 2.75) is 0 Å². The van der Waals surface area contributed by atoms with Crippen LogP contribution in [0.15, 0.2) is 115 Å². The molecular weight excluding hydrogens is 575 g/mol. The predicted molar refractivity (Wildman–Crippen MR) is 160 cm³/mol. The molecule has 0 bridgehead atoms. The van der Waals surface area contributed by atoms with E-state index in [0.29, 0.717) is 28.3 Å². The minimum absolute atomic E-state index is 0.176. The molecule has 44 heavy (non-hydrogen) atoms. The highest BCUT2D eigenvalue weighted by atomic mass is 31.2. The molecule has 0 heterocycles. The minimum atomic E-state index is -4.04.